The zero-order valence-corrected chi connectivity index (χ0v) is 17.3. The minimum Gasteiger partial charge on any atom is -0.465 e. The predicted molar refractivity (Wildman–Crippen MR) is 102 cm³/mol. The summed E-state index contributed by atoms with van der Waals surface area (Å²) in [5, 5.41) is 2.66. The van der Waals surface area contributed by atoms with Gasteiger partial charge in [0.25, 0.3) is 0 Å². The van der Waals surface area contributed by atoms with Gasteiger partial charge in [0.1, 0.15) is 6.54 Å². The molecular formula is C22H33NO6. The Morgan fingerprint density at radius 3 is 2.28 bits per heavy atom. The third-order valence-corrected chi connectivity index (χ3v) is 8.02. The van der Waals surface area contributed by atoms with Crippen LogP contribution in [0.5, 0.6) is 0 Å². The van der Waals surface area contributed by atoms with Crippen molar-refractivity contribution in [2.75, 3.05) is 13.2 Å². The number of hydrogen-bond acceptors (Lipinski definition) is 6. The first-order valence-electron chi connectivity index (χ1n) is 11.5. The van der Waals surface area contributed by atoms with E-state index in [2.05, 4.69) is 5.32 Å². The lowest BCUT2D eigenvalue weighted by molar-refractivity contribution is -0.390. The molecule has 5 saturated carbocycles. The maximum Gasteiger partial charge on any atom is 0.325 e. The molecule has 0 aromatic carbocycles. The van der Waals surface area contributed by atoms with E-state index >= 15 is 0 Å². The average Bonchev–Trinajstić information content (AvgIpc) is 3.07. The smallest absolute Gasteiger partial charge is 0.325 e. The number of rotatable bonds is 5. The van der Waals surface area contributed by atoms with Crippen LogP contribution < -0.4 is 5.32 Å². The Kier molecular flexibility index (Phi) is 5.11. The van der Waals surface area contributed by atoms with Crippen molar-refractivity contribution in [3.8, 4) is 0 Å². The zero-order chi connectivity index (χ0) is 20.1. The number of hydrogen-bond donors (Lipinski definition) is 1. The van der Waals surface area contributed by atoms with Crippen LogP contribution in [-0.4, -0.2) is 36.6 Å². The Hall–Kier alpha value is -1.18. The van der Waals surface area contributed by atoms with Gasteiger partial charge >= 0.3 is 5.97 Å². The lowest BCUT2D eigenvalue weighted by Crippen LogP contribution is -2.59. The lowest BCUT2D eigenvalue weighted by Gasteiger charge is -2.57. The zero-order valence-electron chi connectivity index (χ0n) is 17.3. The van der Waals surface area contributed by atoms with Crippen molar-refractivity contribution in [2.24, 2.45) is 29.6 Å². The summed E-state index contributed by atoms with van der Waals surface area (Å²) in [5.41, 5.74) is 0. The first-order chi connectivity index (χ1) is 14.0. The topological polar surface area (TPSA) is 83.1 Å². The van der Waals surface area contributed by atoms with Gasteiger partial charge < -0.3 is 14.8 Å². The van der Waals surface area contributed by atoms with Gasteiger partial charge in [0.15, 0.2) is 0 Å². The second kappa shape index (κ2) is 7.50. The van der Waals surface area contributed by atoms with Crippen molar-refractivity contribution < 1.29 is 28.8 Å². The van der Waals surface area contributed by atoms with Gasteiger partial charge in [0.05, 0.1) is 6.61 Å². The molecule has 1 amide bonds. The highest BCUT2D eigenvalue weighted by atomic mass is 17.3. The van der Waals surface area contributed by atoms with Gasteiger partial charge in [0, 0.05) is 31.1 Å². The summed E-state index contributed by atoms with van der Waals surface area (Å²) >= 11 is 0. The van der Waals surface area contributed by atoms with Gasteiger partial charge in [-0.15, -0.1) is 0 Å². The summed E-state index contributed by atoms with van der Waals surface area (Å²) in [4.78, 5) is 35.5. The average molecular weight is 408 g/mol. The molecule has 1 aliphatic heterocycles. The Bertz CT molecular complexity index is 628. The minimum absolute atomic E-state index is 0.0589. The molecule has 1 heterocycles. The molecule has 162 valence electrons. The molecule has 0 aromatic rings. The molecule has 0 aromatic heterocycles. The SMILES string of the molecule is CCOC(=O)CNC(=O)CC1CCC2(CC1)OOC1(O2)C2CC3CC(C2)CC1C3. The molecule has 6 rings (SSSR count). The van der Waals surface area contributed by atoms with Crippen LogP contribution in [0.1, 0.15) is 71.1 Å². The van der Waals surface area contributed by atoms with Crippen LogP contribution >= 0.6 is 0 Å². The van der Waals surface area contributed by atoms with Crippen molar-refractivity contribution >= 4 is 11.9 Å². The second-order valence-corrected chi connectivity index (χ2v) is 9.93. The molecular weight excluding hydrogens is 374 g/mol. The molecule has 0 unspecified atom stereocenters. The summed E-state index contributed by atoms with van der Waals surface area (Å²) in [6.07, 6.45) is 9.95. The minimum atomic E-state index is -0.632. The standard InChI is InChI=1S/C22H33NO6/c1-2-26-20(25)13-23-19(24)12-14-3-5-21(6-4-14)27-22(29-28-21)17-8-15-7-16(10-17)11-18(22)9-15/h14-18H,2-13H2,1H3,(H,23,24). The molecule has 0 radical (unpaired) electrons. The molecule has 7 heteroatoms. The van der Waals surface area contributed by atoms with E-state index in [1.165, 1.54) is 32.1 Å². The van der Waals surface area contributed by atoms with E-state index in [0.29, 0.717) is 24.9 Å². The van der Waals surface area contributed by atoms with Gasteiger partial charge in [-0.3, -0.25) is 9.59 Å². The van der Waals surface area contributed by atoms with Crippen LogP contribution in [0.2, 0.25) is 0 Å². The predicted octanol–water partition coefficient (Wildman–Crippen LogP) is 3.07. The van der Waals surface area contributed by atoms with Crippen molar-refractivity contribution in [1.82, 2.24) is 5.32 Å². The van der Waals surface area contributed by atoms with Crippen LogP contribution in [0.15, 0.2) is 0 Å². The maximum atomic E-state index is 12.1. The van der Waals surface area contributed by atoms with E-state index in [4.69, 9.17) is 19.2 Å². The highest BCUT2D eigenvalue weighted by molar-refractivity contribution is 5.81. The largest absolute Gasteiger partial charge is 0.465 e. The van der Waals surface area contributed by atoms with Crippen molar-refractivity contribution in [1.29, 1.82) is 0 Å². The summed E-state index contributed by atoms with van der Waals surface area (Å²) in [6.45, 7) is 2.02. The Morgan fingerprint density at radius 1 is 1.00 bits per heavy atom. The third-order valence-electron chi connectivity index (χ3n) is 8.02. The molecule has 1 saturated heterocycles. The van der Waals surface area contributed by atoms with Crippen molar-refractivity contribution in [3.63, 3.8) is 0 Å². The fourth-order valence-electron chi connectivity index (χ4n) is 6.83. The fourth-order valence-corrected chi connectivity index (χ4v) is 6.83. The monoisotopic (exact) mass is 407 g/mol. The number of amides is 1. The molecule has 2 spiro atoms. The molecule has 6 aliphatic rings. The molecule has 29 heavy (non-hydrogen) atoms. The van der Waals surface area contributed by atoms with Gasteiger partial charge in [-0.25, -0.2) is 0 Å². The summed E-state index contributed by atoms with van der Waals surface area (Å²) in [5.74, 6) is 1.31. The number of nitrogens with one attached hydrogen (secondary N) is 1. The van der Waals surface area contributed by atoms with Gasteiger partial charge in [-0.1, -0.05) is 0 Å². The highest BCUT2D eigenvalue weighted by Gasteiger charge is 2.66. The number of ether oxygens (including phenoxy) is 2. The number of carbonyl (C=O) groups excluding carboxylic acids is 2. The van der Waals surface area contributed by atoms with Crippen LogP contribution in [0, 0.1) is 29.6 Å². The molecule has 4 bridgehead atoms. The fraction of sp³-hybridized carbons (Fsp3) is 0.909. The lowest BCUT2D eigenvalue weighted by atomic mass is 9.53. The van der Waals surface area contributed by atoms with E-state index < -0.39 is 17.5 Å². The van der Waals surface area contributed by atoms with Crippen LogP contribution in [0.3, 0.4) is 0 Å². The van der Waals surface area contributed by atoms with E-state index in [9.17, 15) is 9.59 Å². The molecule has 0 atom stereocenters. The van der Waals surface area contributed by atoms with E-state index in [-0.39, 0.29) is 18.4 Å². The summed E-state index contributed by atoms with van der Waals surface area (Å²) in [7, 11) is 0. The third kappa shape index (κ3) is 3.59. The quantitative estimate of drug-likeness (QED) is 0.557. The normalized spacial score (nSPS) is 45.1. The van der Waals surface area contributed by atoms with Gasteiger partial charge in [0.2, 0.25) is 17.5 Å². The molecule has 1 N–H and O–H groups in total. The first kappa shape index (κ1) is 19.8. The molecule has 7 nitrogen and oxygen atoms in total. The van der Waals surface area contributed by atoms with Crippen molar-refractivity contribution in [2.45, 2.75) is 82.7 Å². The van der Waals surface area contributed by atoms with Gasteiger partial charge in [-0.05, 0) is 69.6 Å². The van der Waals surface area contributed by atoms with Gasteiger partial charge in [-0.2, -0.15) is 9.78 Å². The molecule has 5 aliphatic carbocycles. The highest BCUT2D eigenvalue weighted by Crippen LogP contribution is 2.63. The Labute approximate surface area is 172 Å². The van der Waals surface area contributed by atoms with Crippen LogP contribution in [0.25, 0.3) is 0 Å². The molecule has 6 fully saturated rings. The first-order valence-corrected chi connectivity index (χ1v) is 11.5. The van der Waals surface area contributed by atoms with Crippen LogP contribution in [0.4, 0.5) is 0 Å². The van der Waals surface area contributed by atoms with Crippen LogP contribution in [-0.2, 0) is 28.8 Å². The summed E-state index contributed by atoms with van der Waals surface area (Å²) in [6, 6.07) is 0. The van der Waals surface area contributed by atoms with E-state index in [1.807, 2.05) is 0 Å². The van der Waals surface area contributed by atoms with E-state index in [1.54, 1.807) is 6.92 Å². The second-order valence-electron chi connectivity index (χ2n) is 9.93. The Morgan fingerprint density at radius 2 is 1.66 bits per heavy atom. The number of esters is 1. The number of carbonyl (C=O) groups is 2. The maximum absolute atomic E-state index is 12.1. The summed E-state index contributed by atoms with van der Waals surface area (Å²) < 4.78 is 11.5. The van der Waals surface area contributed by atoms with Crippen molar-refractivity contribution in [3.05, 3.63) is 0 Å². The van der Waals surface area contributed by atoms with E-state index in [0.717, 1.165) is 37.5 Å². The Balaban J connectivity index is 1.13.